The minimum Gasteiger partial charge on any atom is -0.493 e. The van der Waals surface area contributed by atoms with E-state index < -0.39 is 23.8 Å². The number of carbonyl (C=O) groups excluding carboxylic acids is 3. The zero-order valence-electron chi connectivity index (χ0n) is 21.6. The molecule has 0 fully saturated rings. The van der Waals surface area contributed by atoms with Crippen LogP contribution in [0.3, 0.4) is 0 Å². The molecule has 1 aromatic carbocycles. The van der Waals surface area contributed by atoms with Crippen LogP contribution < -0.4 is 10.1 Å². The normalized spacial score (nSPS) is 22.8. The van der Waals surface area contributed by atoms with Gasteiger partial charge in [0.05, 0.1) is 31.3 Å². The summed E-state index contributed by atoms with van der Waals surface area (Å²) in [5.41, 5.74) is 2.85. The molecule has 1 aliphatic carbocycles. The zero-order valence-corrected chi connectivity index (χ0v) is 21.6. The maximum atomic E-state index is 13.9. The molecule has 190 valence electrons. The van der Waals surface area contributed by atoms with Crippen molar-refractivity contribution >= 4 is 17.7 Å². The van der Waals surface area contributed by atoms with Crippen molar-refractivity contribution in [2.45, 2.75) is 72.3 Å². The SMILES string of the molecule is CCCCOc1ccccc1C1C(C(=O)OC(C)CC)=C(C)NC2=C1C(=O)C(C(=O)OC)C(C)C2. The van der Waals surface area contributed by atoms with Gasteiger partial charge in [-0.1, -0.05) is 45.4 Å². The quantitative estimate of drug-likeness (QED) is 0.306. The molecular formula is C28H37NO6. The third kappa shape index (κ3) is 5.44. The number of benzene rings is 1. The first-order chi connectivity index (χ1) is 16.7. The van der Waals surface area contributed by atoms with Gasteiger partial charge in [0, 0.05) is 22.5 Å². The van der Waals surface area contributed by atoms with E-state index in [2.05, 4.69) is 12.2 Å². The summed E-state index contributed by atoms with van der Waals surface area (Å²) in [4.78, 5) is 39.9. The molecule has 0 bridgehead atoms. The second kappa shape index (κ2) is 11.6. The molecule has 4 atom stereocenters. The van der Waals surface area contributed by atoms with Crippen LogP contribution in [-0.4, -0.2) is 37.5 Å². The number of ether oxygens (including phenoxy) is 3. The van der Waals surface area contributed by atoms with Gasteiger partial charge in [0.2, 0.25) is 0 Å². The Balaban J connectivity index is 2.18. The van der Waals surface area contributed by atoms with E-state index >= 15 is 0 Å². The third-order valence-electron chi connectivity index (χ3n) is 6.83. The lowest BCUT2D eigenvalue weighted by Crippen LogP contribution is -2.43. The summed E-state index contributed by atoms with van der Waals surface area (Å²) in [5, 5.41) is 3.30. The van der Waals surface area contributed by atoms with Crippen LogP contribution >= 0.6 is 0 Å². The molecule has 1 aromatic rings. The smallest absolute Gasteiger partial charge is 0.337 e. The average Bonchev–Trinajstić information content (AvgIpc) is 2.83. The fourth-order valence-electron chi connectivity index (χ4n) is 4.77. The summed E-state index contributed by atoms with van der Waals surface area (Å²) in [6.07, 6.45) is 2.74. The Morgan fingerprint density at radius 2 is 1.91 bits per heavy atom. The number of dihydropyridines is 1. The number of unbranched alkanes of at least 4 members (excludes halogenated alkanes) is 1. The van der Waals surface area contributed by atoms with E-state index in [0.29, 0.717) is 47.6 Å². The maximum Gasteiger partial charge on any atom is 0.337 e. The van der Waals surface area contributed by atoms with Crippen molar-refractivity contribution in [2.75, 3.05) is 13.7 Å². The van der Waals surface area contributed by atoms with Crippen molar-refractivity contribution in [3.63, 3.8) is 0 Å². The number of ketones is 1. The fraction of sp³-hybridized carbons (Fsp3) is 0.536. The molecule has 1 N–H and O–H groups in total. The summed E-state index contributed by atoms with van der Waals surface area (Å²) < 4.78 is 16.8. The minimum absolute atomic E-state index is 0.237. The predicted octanol–water partition coefficient (Wildman–Crippen LogP) is 4.82. The van der Waals surface area contributed by atoms with Crippen LogP contribution in [0.1, 0.15) is 71.8 Å². The molecule has 3 rings (SSSR count). The predicted molar refractivity (Wildman–Crippen MR) is 133 cm³/mol. The maximum absolute atomic E-state index is 13.9. The van der Waals surface area contributed by atoms with Gasteiger partial charge in [0.25, 0.3) is 0 Å². The van der Waals surface area contributed by atoms with E-state index in [9.17, 15) is 14.4 Å². The van der Waals surface area contributed by atoms with Crippen molar-refractivity contribution in [3.8, 4) is 5.75 Å². The highest BCUT2D eigenvalue weighted by Gasteiger charge is 2.48. The number of esters is 2. The topological polar surface area (TPSA) is 90.9 Å². The van der Waals surface area contributed by atoms with Gasteiger partial charge in [-0.2, -0.15) is 0 Å². The van der Waals surface area contributed by atoms with Crippen LogP contribution in [0.4, 0.5) is 0 Å². The summed E-state index contributed by atoms with van der Waals surface area (Å²) in [7, 11) is 1.29. The molecule has 1 aliphatic heterocycles. The Morgan fingerprint density at radius 3 is 2.57 bits per heavy atom. The lowest BCUT2D eigenvalue weighted by Gasteiger charge is -2.38. The number of allylic oxidation sites excluding steroid dienone is 3. The number of hydrogen-bond acceptors (Lipinski definition) is 7. The molecule has 4 unspecified atom stereocenters. The van der Waals surface area contributed by atoms with Crippen LogP contribution in [-0.2, 0) is 23.9 Å². The number of carbonyl (C=O) groups is 3. The van der Waals surface area contributed by atoms with Gasteiger partial charge >= 0.3 is 11.9 Å². The second-order valence-corrected chi connectivity index (χ2v) is 9.40. The lowest BCUT2D eigenvalue weighted by atomic mass is 9.69. The van der Waals surface area contributed by atoms with Gasteiger partial charge in [0.1, 0.15) is 11.7 Å². The van der Waals surface area contributed by atoms with Crippen molar-refractivity contribution < 1.29 is 28.6 Å². The summed E-state index contributed by atoms with van der Waals surface area (Å²) in [5.74, 6) is -2.63. The fourth-order valence-corrected chi connectivity index (χ4v) is 4.77. The standard InChI is InChI=1S/C28H37NO6/c1-7-9-14-34-21-13-11-10-12-19(21)24-23(28(32)35-17(4)8-2)18(5)29-20-15-16(3)22(27(31)33-6)26(30)25(20)24/h10-13,16-17,22,24,29H,7-9,14-15H2,1-6H3. The molecule has 7 nitrogen and oxygen atoms in total. The highest BCUT2D eigenvalue weighted by Crippen LogP contribution is 2.47. The monoisotopic (exact) mass is 483 g/mol. The molecule has 0 aromatic heterocycles. The van der Waals surface area contributed by atoms with Gasteiger partial charge in [-0.25, -0.2) is 4.79 Å². The van der Waals surface area contributed by atoms with Gasteiger partial charge in [-0.15, -0.1) is 0 Å². The number of para-hydroxylation sites is 1. The first-order valence-corrected chi connectivity index (χ1v) is 12.5. The van der Waals surface area contributed by atoms with Crippen LogP contribution in [0.2, 0.25) is 0 Å². The molecule has 1 heterocycles. The zero-order chi connectivity index (χ0) is 25.7. The van der Waals surface area contributed by atoms with Gasteiger partial charge in [-0.05, 0) is 45.1 Å². The molecule has 0 amide bonds. The Morgan fingerprint density at radius 1 is 1.20 bits per heavy atom. The van der Waals surface area contributed by atoms with E-state index in [1.54, 1.807) is 0 Å². The lowest BCUT2D eigenvalue weighted by molar-refractivity contribution is -0.151. The van der Waals surface area contributed by atoms with E-state index in [-0.39, 0.29) is 17.8 Å². The molecule has 0 saturated carbocycles. The first-order valence-electron chi connectivity index (χ1n) is 12.5. The summed E-state index contributed by atoms with van der Waals surface area (Å²) >= 11 is 0. The van der Waals surface area contributed by atoms with Gasteiger partial charge in [-0.3, -0.25) is 9.59 Å². The highest BCUT2D eigenvalue weighted by molar-refractivity contribution is 6.12. The molecule has 0 spiro atoms. The van der Waals surface area contributed by atoms with E-state index in [1.165, 1.54) is 7.11 Å². The molecule has 2 aliphatic rings. The summed E-state index contributed by atoms with van der Waals surface area (Å²) in [6.45, 7) is 10.1. The van der Waals surface area contributed by atoms with Crippen molar-refractivity contribution in [2.24, 2.45) is 11.8 Å². The Labute approximate surface area is 207 Å². The Kier molecular flexibility index (Phi) is 8.76. The van der Waals surface area contributed by atoms with Crippen molar-refractivity contribution in [1.82, 2.24) is 5.32 Å². The molecule has 7 heteroatoms. The Hall–Kier alpha value is -3.09. The van der Waals surface area contributed by atoms with Crippen LogP contribution in [0, 0.1) is 11.8 Å². The van der Waals surface area contributed by atoms with Crippen molar-refractivity contribution in [1.29, 1.82) is 0 Å². The van der Waals surface area contributed by atoms with E-state index in [0.717, 1.165) is 18.5 Å². The first kappa shape index (κ1) is 26.5. The third-order valence-corrected chi connectivity index (χ3v) is 6.83. The molecule has 0 saturated heterocycles. The molecular weight excluding hydrogens is 446 g/mol. The van der Waals surface area contributed by atoms with E-state index in [1.807, 2.05) is 52.0 Å². The number of methoxy groups -OCH3 is 1. The average molecular weight is 484 g/mol. The van der Waals surface area contributed by atoms with Gasteiger partial charge < -0.3 is 19.5 Å². The van der Waals surface area contributed by atoms with Crippen LogP contribution in [0.25, 0.3) is 0 Å². The molecule has 0 radical (unpaired) electrons. The number of nitrogens with one attached hydrogen (secondary N) is 1. The van der Waals surface area contributed by atoms with Crippen molar-refractivity contribution in [3.05, 3.63) is 52.4 Å². The van der Waals surface area contributed by atoms with Crippen LogP contribution in [0.15, 0.2) is 46.8 Å². The second-order valence-electron chi connectivity index (χ2n) is 9.40. The van der Waals surface area contributed by atoms with Crippen LogP contribution in [0.5, 0.6) is 5.75 Å². The number of Topliss-reactive ketones (excluding diaryl/α,β-unsaturated/α-hetero) is 1. The number of rotatable bonds is 9. The van der Waals surface area contributed by atoms with Gasteiger partial charge in [0.15, 0.2) is 5.78 Å². The highest BCUT2D eigenvalue weighted by atomic mass is 16.5. The Bertz CT molecular complexity index is 1040. The van der Waals surface area contributed by atoms with E-state index in [4.69, 9.17) is 14.2 Å². The number of hydrogen-bond donors (Lipinski definition) is 1. The summed E-state index contributed by atoms with van der Waals surface area (Å²) in [6, 6.07) is 7.47. The molecule has 35 heavy (non-hydrogen) atoms. The minimum atomic E-state index is -0.929. The largest absolute Gasteiger partial charge is 0.493 e.